The lowest BCUT2D eigenvalue weighted by molar-refractivity contribution is 0.662. The molecular weight excluding hydrogens is 661 g/mol. The summed E-state index contributed by atoms with van der Waals surface area (Å²) in [6.07, 6.45) is 8.21. The van der Waals surface area contributed by atoms with E-state index in [4.69, 9.17) is 14.4 Å². The number of furan rings is 1. The summed E-state index contributed by atoms with van der Waals surface area (Å²) in [5, 5.41) is 7.90. The van der Waals surface area contributed by atoms with Crippen molar-refractivity contribution in [3.8, 4) is 22.9 Å². The summed E-state index contributed by atoms with van der Waals surface area (Å²) in [7, 11) is 0. The van der Waals surface area contributed by atoms with Crippen molar-refractivity contribution in [1.29, 1.82) is 0 Å². The Kier molecular flexibility index (Phi) is 6.70. The predicted molar refractivity (Wildman–Crippen MR) is 225 cm³/mol. The van der Waals surface area contributed by atoms with Crippen molar-refractivity contribution in [2.75, 3.05) is 0 Å². The summed E-state index contributed by atoms with van der Waals surface area (Å²) >= 11 is 0. The number of rotatable bonds is 5. The van der Waals surface area contributed by atoms with E-state index in [9.17, 15) is 0 Å². The van der Waals surface area contributed by atoms with Crippen LogP contribution in [0.2, 0.25) is 0 Å². The minimum atomic E-state index is 0.643. The first-order chi connectivity index (χ1) is 26.7. The number of para-hydroxylation sites is 3. The molecule has 54 heavy (non-hydrogen) atoms. The maximum Gasteiger partial charge on any atom is 0.197 e. The standard InChI is InChI=1S/C49H32N4O/c1-2-3-5-14-31-23-25-33(26-24-31)48-50-46-45-35-18-9-8-15-32(35)27-28-44(45)54-47(46)49(51-48)53-41-22-13-11-20-37(41)39-29-42-38(30-43(39)53)36-19-10-12-21-40(36)52(42)34-16-6-4-7-17-34/h2-30H,1H3/b3-2-,14-5-. The van der Waals surface area contributed by atoms with Gasteiger partial charge in [-0.1, -0.05) is 133 Å². The van der Waals surface area contributed by atoms with E-state index < -0.39 is 0 Å². The van der Waals surface area contributed by atoms with Crippen LogP contribution in [0.5, 0.6) is 0 Å². The first-order valence-electron chi connectivity index (χ1n) is 18.3. The average molecular weight is 693 g/mol. The largest absolute Gasteiger partial charge is 0.450 e. The number of hydrogen-bond donors (Lipinski definition) is 0. The average Bonchev–Trinajstić information content (AvgIpc) is 3.88. The van der Waals surface area contributed by atoms with Crippen LogP contribution in [0.25, 0.3) is 105 Å². The van der Waals surface area contributed by atoms with Gasteiger partial charge in [-0.3, -0.25) is 4.57 Å². The molecular formula is C49H32N4O. The molecule has 0 aliphatic carbocycles. The molecule has 0 aliphatic heterocycles. The Morgan fingerprint density at radius 3 is 1.93 bits per heavy atom. The van der Waals surface area contributed by atoms with Gasteiger partial charge in [0.25, 0.3) is 0 Å². The molecule has 0 atom stereocenters. The van der Waals surface area contributed by atoms with E-state index in [2.05, 4.69) is 173 Å². The quantitative estimate of drug-likeness (QED) is 0.169. The summed E-state index contributed by atoms with van der Waals surface area (Å²) in [6.45, 7) is 2.02. The van der Waals surface area contributed by atoms with Crippen LogP contribution < -0.4 is 0 Å². The monoisotopic (exact) mass is 692 g/mol. The van der Waals surface area contributed by atoms with Gasteiger partial charge < -0.3 is 8.98 Å². The van der Waals surface area contributed by atoms with Crippen molar-refractivity contribution in [1.82, 2.24) is 19.1 Å². The first kappa shape index (κ1) is 30.4. The van der Waals surface area contributed by atoms with E-state index in [-0.39, 0.29) is 0 Å². The second-order valence-corrected chi connectivity index (χ2v) is 13.7. The molecule has 5 heteroatoms. The molecule has 7 aromatic carbocycles. The summed E-state index contributed by atoms with van der Waals surface area (Å²) in [6, 6.07) is 53.6. The minimum Gasteiger partial charge on any atom is -0.450 e. The van der Waals surface area contributed by atoms with Gasteiger partial charge in [-0.2, -0.15) is 0 Å². The van der Waals surface area contributed by atoms with E-state index in [1.165, 1.54) is 16.3 Å². The van der Waals surface area contributed by atoms with Crippen LogP contribution in [-0.4, -0.2) is 19.1 Å². The lowest BCUT2D eigenvalue weighted by Gasteiger charge is -2.11. The molecule has 11 aromatic rings. The molecule has 254 valence electrons. The van der Waals surface area contributed by atoms with Crippen LogP contribution in [0, 0.1) is 0 Å². The van der Waals surface area contributed by atoms with E-state index >= 15 is 0 Å². The molecule has 0 spiro atoms. The normalized spacial score (nSPS) is 12.4. The van der Waals surface area contributed by atoms with Crippen LogP contribution >= 0.6 is 0 Å². The van der Waals surface area contributed by atoms with Crippen LogP contribution in [0.4, 0.5) is 0 Å². The lowest BCUT2D eigenvalue weighted by atomic mass is 10.1. The molecule has 0 saturated heterocycles. The Hall–Kier alpha value is -7.24. The van der Waals surface area contributed by atoms with Crippen molar-refractivity contribution in [3.63, 3.8) is 0 Å². The fourth-order valence-corrected chi connectivity index (χ4v) is 8.21. The van der Waals surface area contributed by atoms with Gasteiger partial charge in [-0.25, -0.2) is 9.97 Å². The molecule has 4 aromatic heterocycles. The first-order valence-corrected chi connectivity index (χ1v) is 18.3. The molecule has 11 rings (SSSR count). The van der Waals surface area contributed by atoms with E-state index in [0.29, 0.717) is 17.2 Å². The number of hydrogen-bond acceptors (Lipinski definition) is 3. The third-order valence-electron chi connectivity index (χ3n) is 10.6. The van der Waals surface area contributed by atoms with Gasteiger partial charge in [-0.05, 0) is 65.7 Å². The third kappa shape index (κ3) is 4.52. The number of nitrogens with zero attached hydrogens (tertiary/aromatic N) is 4. The summed E-state index contributed by atoms with van der Waals surface area (Å²) in [5.41, 5.74) is 9.85. The highest BCUT2D eigenvalue weighted by atomic mass is 16.3. The zero-order chi connectivity index (χ0) is 35.8. The van der Waals surface area contributed by atoms with E-state index in [0.717, 1.165) is 71.4 Å². The van der Waals surface area contributed by atoms with Crippen molar-refractivity contribution in [3.05, 3.63) is 175 Å². The van der Waals surface area contributed by atoms with Gasteiger partial charge in [0, 0.05) is 32.8 Å². The number of fused-ring (bicyclic) bond motifs is 11. The molecule has 0 saturated carbocycles. The Balaban J connectivity index is 1.26. The Morgan fingerprint density at radius 2 is 1.19 bits per heavy atom. The summed E-state index contributed by atoms with van der Waals surface area (Å²) in [5.74, 6) is 1.36. The SMILES string of the molecule is C/C=C\C=C/c1ccc(-c2nc(-n3c4ccccc4c4cc5c(cc43)c3ccccc3n5-c3ccccc3)c3oc4ccc5ccccc5c4c3n2)cc1. The van der Waals surface area contributed by atoms with Gasteiger partial charge in [0.2, 0.25) is 0 Å². The number of allylic oxidation sites excluding steroid dienone is 3. The number of benzene rings is 7. The Labute approximate surface area is 310 Å². The summed E-state index contributed by atoms with van der Waals surface area (Å²) in [4.78, 5) is 10.7. The maximum atomic E-state index is 6.83. The van der Waals surface area contributed by atoms with Gasteiger partial charge in [0.15, 0.2) is 17.2 Å². The molecule has 0 bridgehead atoms. The van der Waals surface area contributed by atoms with Crippen molar-refractivity contribution in [2.24, 2.45) is 0 Å². The molecule has 0 unspecified atom stereocenters. The summed E-state index contributed by atoms with van der Waals surface area (Å²) < 4.78 is 11.5. The fourth-order valence-electron chi connectivity index (χ4n) is 8.21. The fraction of sp³-hybridized carbons (Fsp3) is 0.0204. The second-order valence-electron chi connectivity index (χ2n) is 13.7. The van der Waals surface area contributed by atoms with Crippen molar-refractivity contribution < 1.29 is 4.42 Å². The highest BCUT2D eigenvalue weighted by Gasteiger charge is 2.24. The van der Waals surface area contributed by atoms with Crippen LogP contribution in [0.1, 0.15) is 12.5 Å². The highest BCUT2D eigenvalue weighted by Crippen LogP contribution is 2.42. The van der Waals surface area contributed by atoms with Crippen LogP contribution in [-0.2, 0) is 0 Å². The Morgan fingerprint density at radius 1 is 0.537 bits per heavy atom. The Bertz CT molecular complexity index is 3320. The van der Waals surface area contributed by atoms with Crippen LogP contribution in [0.15, 0.2) is 174 Å². The van der Waals surface area contributed by atoms with Gasteiger partial charge in [-0.15, -0.1) is 0 Å². The topological polar surface area (TPSA) is 48.8 Å². The smallest absolute Gasteiger partial charge is 0.197 e. The molecule has 4 heterocycles. The van der Waals surface area contributed by atoms with Gasteiger partial charge in [0.1, 0.15) is 11.1 Å². The molecule has 0 amide bonds. The van der Waals surface area contributed by atoms with Gasteiger partial charge >= 0.3 is 0 Å². The predicted octanol–water partition coefficient (Wildman–Crippen LogP) is 13.0. The van der Waals surface area contributed by atoms with Crippen LogP contribution in [0.3, 0.4) is 0 Å². The number of aromatic nitrogens is 4. The molecule has 5 nitrogen and oxygen atoms in total. The van der Waals surface area contributed by atoms with E-state index in [1.807, 2.05) is 19.1 Å². The zero-order valence-electron chi connectivity index (χ0n) is 29.4. The molecule has 0 fully saturated rings. The molecule has 0 radical (unpaired) electrons. The van der Waals surface area contributed by atoms with Crippen molar-refractivity contribution >= 4 is 82.5 Å². The van der Waals surface area contributed by atoms with E-state index in [1.54, 1.807) is 0 Å². The maximum absolute atomic E-state index is 6.83. The lowest BCUT2D eigenvalue weighted by Crippen LogP contribution is -2.02. The molecule has 0 aliphatic rings. The van der Waals surface area contributed by atoms with Crippen molar-refractivity contribution in [2.45, 2.75) is 6.92 Å². The molecule has 0 N–H and O–H groups in total. The minimum absolute atomic E-state index is 0.643. The second kappa shape index (κ2) is 11.9. The van der Waals surface area contributed by atoms with Gasteiger partial charge in [0.05, 0.1) is 27.5 Å². The highest BCUT2D eigenvalue weighted by molar-refractivity contribution is 6.21. The third-order valence-corrected chi connectivity index (χ3v) is 10.6. The zero-order valence-corrected chi connectivity index (χ0v) is 29.4.